The molecule has 28 heavy (non-hydrogen) atoms. The first-order valence-corrected chi connectivity index (χ1v) is 9.75. The van der Waals surface area contributed by atoms with Gasteiger partial charge >= 0.3 is 0 Å². The van der Waals surface area contributed by atoms with Gasteiger partial charge < -0.3 is 15.0 Å². The van der Waals surface area contributed by atoms with Crippen LogP contribution in [0.4, 0.5) is 4.39 Å². The smallest absolute Gasteiger partial charge is 0.270 e. The Balaban J connectivity index is 1.56. The number of halogens is 1. The van der Waals surface area contributed by atoms with Crippen molar-refractivity contribution < 1.29 is 13.9 Å². The molecule has 7 heteroatoms. The minimum absolute atomic E-state index is 0.163. The molecule has 0 aliphatic heterocycles. The number of likely N-dealkylation sites (N-methyl/N-ethyl adjacent to an activating group) is 1. The van der Waals surface area contributed by atoms with E-state index in [0.717, 1.165) is 22.7 Å². The molecule has 0 radical (unpaired) electrons. The SMILES string of the molecule is CN(C)CCNC(=O)c1csc(-c2ccc(OCc3ccc(F)cc3)cc2)n1. The molecule has 1 N–H and O–H groups in total. The molecule has 0 saturated carbocycles. The minimum atomic E-state index is -0.262. The molecule has 0 spiro atoms. The fraction of sp³-hybridized carbons (Fsp3) is 0.238. The van der Waals surface area contributed by atoms with Crippen LogP contribution in [0.5, 0.6) is 5.75 Å². The van der Waals surface area contributed by atoms with E-state index in [2.05, 4.69) is 10.3 Å². The Bertz CT molecular complexity index is 908. The van der Waals surface area contributed by atoms with Crippen LogP contribution in [0, 0.1) is 5.82 Å². The van der Waals surface area contributed by atoms with Gasteiger partial charge in [0.2, 0.25) is 0 Å². The molecule has 5 nitrogen and oxygen atoms in total. The van der Waals surface area contributed by atoms with Crippen LogP contribution in [0.15, 0.2) is 53.9 Å². The van der Waals surface area contributed by atoms with Crippen molar-refractivity contribution in [3.05, 3.63) is 71.0 Å². The second-order valence-electron chi connectivity index (χ2n) is 6.54. The predicted octanol–water partition coefficient (Wildman–Crippen LogP) is 3.82. The molecule has 3 aromatic rings. The molecule has 0 aliphatic carbocycles. The number of hydrogen-bond donors (Lipinski definition) is 1. The van der Waals surface area contributed by atoms with Crippen molar-refractivity contribution in [1.82, 2.24) is 15.2 Å². The van der Waals surface area contributed by atoms with Crippen LogP contribution in [0.25, 0.3) is 10.6 Å². The van der Waals surface area contributed by atoms with Crippen LogP contribution in [0.3, 0.4) is 0 Å². The van der Waals surface area contributed by atoms with E-state index >= 15 is 0 Å². The summed E-state index contributed by atoms with van der Waals surface area (Å²) in [5, 5.41) is 5.40. The molecule has 0 unspecified atom stereocenters. The lowest BCUT2D eigenvalue weighted by atomic mass is 10.2. The largest absolute Gasteiger partial charge is 0.489 e. The zero-order chi connectivity index (χ0) is 19.9. The summed E-state index contributed by atoms with van der Waals surface area (Å²) in [4.78, 5) is 18.6. The highest BCUT2D eigenvalue weighted by Gasteiger charge is 2.11. The quantitative estimate of drug-likeness (QED) is 0.626. The molecule has 2 aromatic carbocycles. The van der Waals surface area contributed by atoms with Crippen LogP contribution < -0.4 is 10.1 Å². The van der Waals surface area contributed by atoms with Gasteiger partial charge in [0, 0.05) is 24.0 Å². The predicted molar refractivity (Wildman–Crippen MR) is 109 cm³/mol. The second-order valence-corrected chi connectivity index (χ2v) is 7.39. The maximum Gasteiger partial charge on any atom is 0.270 e. The number of thiazole rings is 1. The van der Waals surface area contributed by atoms with E-state index < -0.39 is 0 Å². The molecule has 1 amide bonds. The summed E-state index contributed by atoms with van der Waals surface area (Å²) < 4.78 is 18.6. The van der Waals surface area contributed by atoms with Gasteiger partial charge in [-0.25, -0.2) is 9.37 Å². The Kier molecular flexibility index (Phi) is 6.73. The molecular weight excluding hydrogens is 377 g/mol. The molecule has 0 bridgehead atoms. The lowest BCUT2D eigenvalue weighted by Crippen LogP contribution is -2.31. The number of benzene rings is 2. The summed E-state index contributed by atoms with van der Waals surface area (Å²) in [5.74, 6) is 0.289. The number of carbonyl (C=O) groups excluding carboxylic acids is 1. The van der Waals surface area contributed by atoms with Gasteiger partial charge in [0.05, 0.1) is 0 Å². The van der Waals surface area contributed by atoms with Crippen molar-refractivity contribution in [2.24, 2.45) is 0 Å². The van der Waals surface area contributed by atoms with E-state index in [0.29, 0.717) is 24.6 Å². The molecule has 0 aliphatic rings. The van der Waals surface area contributed by atoms with Crippen molar-refractivity contribution >= 4 is 17.2 Å². The van der Waals surface area contributed by atoms with Crippen molar-refractivity contribution in [3.8, 4) is 16.3 Å². The van der Waals surface area contributed by atoms with Crippen molar-refractivity contribution in [2.75, 3.05) is 27.2 Å². The summed E-state index contributed by atoms with van der Waals surface area (Å²) in [7, 11) is 3.92. The second kappa shape index (κ2) is 9.43. The molecule has 1 heterocycles. The zero-order valence-corrected chi connectivity index (χ0v) is 16.6. The Morgan fingerprint density at radius 3 is 2.54 bits per heavy atom. The first-order valence-electron chi connectivity index (χ1n) is 8.87. The third-order valence-electron chi connectivity index (χ3n) is 4.00. The highest BCUT2D eigenvalue weighted by Crippen LogP contribution is 2.26. The van der Waals surface area contributed by atoms with Gasteiger partial charge in [-0.1, -0.05) is 12.1 Å². The number of hydrogen-bond acceptors (Lipinski definition) is 5. The Labute approximate surface area is 167 Å². The first-order chi connectivity index (χ1) is 13.5. The average Bonchev–Trinajstić information content (AvgIpc) is 3.18. The molecule has 0 atom stereocenters. The first kappa shape index (κ1) is 20.0. The van der Waals surface area contributed by atoms with Gasteiger partial charge in [0.15, 0.2) is 0 Å². The maximum atomic E-state index is 12.9. The highest BCUT2D eigenvalue weighted by atomic mass is 32.1. The standard InChI is InChI=1S/C21H22FN3O2S/c1-25(2)12-11-23-20(26)19-14-28-21(24-19)16-5-9-18(10-6-16)27-13-15-3-7-17(22)8-4-15/h3-10,14H,11-13H2,1-2H3,(H,23,26). The van der Waals surface area contributed by atoms with Gasteiger partial charge in [0.1, 0.15) is 28.9 Å². The van der Waals surface area contributed by atoms with Crippen molar-refractivity contribution in [2.45, 2.75) is 6.61 Å². The van der Waals surface area contributed by atoms with Gasteiger partial charge in [-0.2, -0.15) is 0 Å². The van der Waals surface area contributed by atoms with Crippen LogP contribution in [-0.2, 0) is 6.61 Å². The third kappa shape index (κ3) is 5.61. The topological polar surface area (TPSA) is 54.5 Å². The maximum absolute atomic E-state index is 12.9. The zero-order valence-electron chi connectivity index (χ0n) is 15.8. The summed E-state index contributed by atoms with van der Waals surface area (Å²) in [5.41, 5.74) is 2.25. The number of nitrogens with one attached hydrogen (secondary N) is 1. The highest BCUT2D eigenvalue weighted by molar-refractivity contribution is 7.13. The summed E-state index contributed by atoms with van der Waals surface area (Å²) in [6.07, 6.45) is 0. The lowest BCUT2D eigenvalue weighted by Gasteiger charge is -2.09. The summed E-state index contributed by atoms with van der Waals surface area (Å²) in [6.45, 7) is 1.73. The summed E-state index contributed by atoms with van der Waals surface area (Å²) >= 11 is 1.43. The normalized spacial score (nSPS) is 10.9. The van der Waals surface area contributed by atoms with Gasteiger partial charge in [-0.3, -0.25) is 4.79 Å². The van der Waals surface area contributed by atoms with Crippen LogP contribution >= 0.6 is 11.3 Å². The Morgan fingerprint density at radius 2 is 1.86 bits per heavy atom. The van der Waals surface area contributed by atoms with E-state index in [9.17, 15) is 9.18 Å². The van der Waals surface area contributed by atoms with E-state index in [1.807, 2.05) is 43.3 Å². The average molecular weight is 399 g/mol. The fourth-order valence-corrected chi connectivity index (χ4v) is 3.24. The fourth-order valence-electron chi connectivity index (χ4n) is 2.44. The number of carbonyl (C=O) groups is 1. The van der Waals surface area contributed by atoms with Crippen molar-refractivity contribution in [1.29, 1.82) is 0 Å². The monoisotopic (exact) mass is 399 g/mol. The molecule has 0 fully saturated rings. The number of rotatable bonds is 8. The van der Waals surface area contributed by atoms with Gasteiger partial charge in [-0.05, 0) is 56.1 Å². The number of ether oxygens (including phenoxy) is 1. The number of aromatic nitrogens is 1. The third-order valence-corrected chi connectivity index (χ3v) is 4.89. The van der Waals surface area contributed by atoms with Crippen LogP contribution in [0.2, 0.25) is 0 Å². The van der Waals surface area contributed by atoms with E-state index in [4.69, 9.17) is 4.74 Å². The number of nitrogens with zero attached hydrogens (tertiary/aromatic N) is 2. The van der Waals surface area contributed by atoms with Crippen LogP contribution in [0.1, 0.15) is 16.1 Å². The van der Waals surface area contributed by atoms with E-state index in [1.54, 1.807) is 17.5 Å². The molecule has 0 saturated heterocycles. The minimum Gasteiger partial charge on any atom is -0.489 e. The molecular formula is C21H22FN3O2S. The molecule has 3 rings (SSSR count). The molecule has 1 aromatic heterocycles. The van der Waals surface area contributed by atoms with Gasteiger partial charge in [-0.15, -0.1) is 11.3 Å². The molecule has 146 valence electrons. The Hall–Kier alpha value is -2.77. The number of amides is 1. The van der Waals surface area contributed by atoms with Gasteiger partial charge in [0.25, 0.3) is 5.91 Å². The Morgan fingerprint density at radius 1 is 1.14 bits per heavy atom. The van der Waals surface area contributed by atoms with E-state index in [1.165, 1.54) is 23.5 Å². The van der Waals surface area contributed by atoms with E-state index in [-0.39, 0.29) is 11.7 Å². The van der Waals surface area contributed by atoms with Crippen molar-refractivity contribution in [3.63, 3.8) is 0 Å². The van der Waals surface area contributed by atoms with Crippen LogP contribution in [-0.4, -0.2) is 43.0 Å². The summed E-state index contributed by atoms with van der Waals surface area (Å²) in [6, 6.07) is 13.8. The lowest BCUT2D eigenvalue weighted by molar-refractivity contribution is 0.0947.